The molecule has 0 aromatic carbocycles. The number of carbonyl (C=O) groups is 1. The average Bonchev–Trinajstić information content (AvgIpc) is 3.28. The summed E-state index contributed by atoms with van der Waals surface area (Å²) in [6.45, 7) is 3.82. The van der Waals surface area contributed by atoms with Gasteiger partial charge in [0.25, 0.3) is 0 Å². The zero-order chi connectivity index (χ0) is 47.1. The lowest BCUT2D eigenvalue weighted by molar-refractivity contribution is -0.220. The van der Waals surface area contributed by atoms with Crippen molar-refractivity contribution in [1.82, 2.24) is 5.32 Å². The normalized spacial score (nSPS) is 22.2. The first kappa shape index (κ1) is 61.1. The molecule has 1 fully saturated rings. The molecule has 0 radical (unpaired) electrons. The van der Waals surface area contributed by atoms with Crippen LogP contribution in [0.2, 0.25) is 0 Å². The van der Waals surface area contributed by atoms with Crippen LogP contribution < -0.4 is 5.32 Å². The molecular formula is C51H100NO11P. The molecule has 0 saturated heterocycles. The highest BCUT2D eigenvalue weighted by molar-refractivity contribution is 7.47. The van der Waals surface area contributed by atoms with Crippen LogP contribution >= 0.6 is 7.82 Å². The van der Waals surface area contributed by atoms with E-state index >= 15 is 0 Å². The van der Waals surface area contributed by atoms with Gasteiger partial charge in [-0.3, -0.25) is 13.8 Å². The predicted octanol–water partition coefficient (Wildman–Crippen LogP) is 11.2. The maximum absolute atomic E-state index is 12.9. The van der Waals surface area contributed by atoms with Crippen molar-refractivity contribution in [2.45, 2.75) is 300 Å². The zero-order valence-electron chi connectivity index (χ0n) is 40.9. The van der Waals surface area contributed by atoms with E-state index in [-0.39, 0.29) is 12.3 Å². The van der Waals surface area contributed by atoms with Crippen LogP contribution in [-0.4, -0.2) is 96.8 Å². The number of hydrogen-bond donors (Lipinski definition) is 8. The predicted molar refractivity (Wildman–Crippen MR) is 260 cm³/mol. The minimum absolute atomic E-state index is 0.219. The molecular weight excluding hydrogens is 834 g/mol. The van der Waals surface area contributed by atoms with Gasteiger partial charge in [0.05, 0.1) is 18.8 Å². The zero-order valence-corrected chi connectivity index (χ0v) is 41.7. The van der Waals surface area contributed by atoms with E-state index in [0.717, 1.165) is 44.9 Å². The molecule has 64 heavy (non-hydrogen) atoms. The van der Waals surface area contributed by atoms with E-state index in [1.165, 1.54) is 186 Å². The maximum Gasteiger partial charge on any atom is 0.472 e. The first-order valence-electron chi connectivity index (χ1n) is 26.6. The molecule has 1 aliphatic carbocycles. The summed E-state index contributed by atoms with van der Waals surface area (Å²) in [5, 5.41) is 63.9. The molecule has 0 bridgehead atoms. The lowest BCUT2D eigenvalue weighted by Crippen LogP contribution is -2.64. The SMILES string of the molecule is CCCCCCCCC/C=C/[C@@H](O)[C@H](COP(=O)(O)OC1C(O)C(O)C(O)[C@@H](O)C1O)NC(=O)CCCCCCCCCCCCCCCCCCCCCCCCCCCCCC. The Morgan fingerprint density at radius 2 is 0.828 bits per heavy atom. The van der Waals surface area contributed by atoms with Crippen molar-refractivity contribution < 1.29 is 53.9 Å². The van der Waals surface area contributed by atoms with Crippen LogP contribution in [0.4, 0.5) is 0 Å². The van der Waals surface area contributed by atoms with Crippen molar-refractivity contribution in [2.24, 2.45) is 0 Å². The Hall–Kier alpha value is -0.920. The number of unbranched alkanes of at least 4 members (excludes halogenated alkanes) is 34. The van der Waals surface area contributed by atoms with Crippen LogP contribution in [0.5, 0.6) is 0 Å². The second-order valence-electron chi connectivity index (χ2n) is 19.1. The molecule has 380 valence electrons. The summed E-state index contributed by atoms with van der Waals surface area (Å²) in [6, 6.07) is -1.11. The monoisotopic (exact) mass is 934 g/mol. The fraction of sp³-hybridized carbons (Fsp3) is 0.941. The van der Waals surface area contributed by atoms with Gasteiger partial charge in [0.1, 0.15) is 36.6 Å². The van der Waals surface area contributed by atoms with Crippen LogP contribution in [-0.2, 0) is 18.4 Å². The third-order valence-electron chi connectivity index (χ3n) is 13.1. The van der Waals surface area contributed by atoms with Gasteiger partial charge in [0.15, 0.2) is 0 Å². The summed E-state index contributed by atoms with van der Waals surface area (Å²) in [5.41, 5.74) is 0. The second kappa shape index (κ2) is 41.1. The quantitative estimate of drug-likeness (QED) is 0.0164. The fourth-order valence-corrected chi connectivity index (χ4v) is 9.70. The summed E-state index contributed by atoms with van der Waals surface area (Å²) in [7, 11) is -5.07. The topological polar surface area (TPSA) is 206 Å². The van der Waals surface area contributed by atoms with E-state index in [1.807, 2.05) is 6.08 Å². The van der Waals surface area contributed by atoms with Crippen molar-refractivity contribution in [3.63, 3.8) is 0 Å². The standard InChI is InChI=1S/C51H100NO11P/c1-3-5-7-9-11-13-14-15-16-17-18-19-20-21-22-23-24-25-26-27-28-29-30-31-33-35-37-39-41-45(54)52-43(44(53)40-38-36-34-32-12-10-8-6-4-2)42-62-64(60,61)63-51-49(58)47(56)46(55)48(57)50(51)59/h38,40,43-44,46-51,53,55-59H,3-37,39,41-42H2,1-2H3,(H,52,54)(H,60,61)/b40-38+/t43-,44+,46?,47+,48?,49?,50?,51?/m0/s1. The first-order valence-corrected chi connectivity index (χ1v) is 28.1. The highest BCUT2D eigenvalue weighted by atomic mass is 31.2. The van der Waals surface area contributed by atoms with Gasteiger partial charge in [0.2, 0.25) is 5.91 Å². The Balaban J connectivity index is 2.22. The third kappa shape index (κ3) is 31.9. The number of nitrogens with one attached hydrogen (secondary N) is 1. The molecule has 0 spiro atoms. The van der Waals surface area contributed by atoms with Crippen LogP contribution in [0, 0.1) is 0 Å². The van der Waals surface area contributed by atoms with Gasteiger partial charge in [-0.05, 0) is 19.3 Å². The van der Waals surface area contributed by atoms with Crippen LogP contribution in [0.15, 0.2) is 12.2 Å². The highest BCUT2D eigenvalue weighted by Gasteiger charge is 2.51. The number of phosphoric ester groups is 1. The number of rotatable bonds is 45. The molecule has 6 unspecified atom stereocenters. The van der Waals surface area contributed by atoms with Crippen molar-refractivity contribution in [3.05, 3.63) is 12.2 Å². The van der Waals surface area contributed by atoms with Crippen molar-refractivity contribution in [2.75, 3.05) is 6.61 Å². The van der Waals surface area contributed by atoms with Crippen LogP contribution in [0.25, 0.3) is 0 Å². The summed E-state index contributed by atoms with van der Waals surface area (Å²) < 4.78 is 22.9. The van der Waals surface area contributed by atoms with Gasteiger partial charge in [-0.2, -0.15) is 0 Å². The molecule has 0 aromatic rings. The number of carbonyl (C=O) groups excluding carboxylic acids is 1. The van der Waals surface area contributed by atoms with Gasteiger partial charge in [-0.25, -0.2) is 4.57 Å². The largest absolute Gasteiger partial charge is 0.472 e. The third-order valence-corrected chi connectivity index (χ3v) is 14.1. The number of allylic oxidation sites excluding steroid dienone is 1. The summed E-state index contributed by atoms with van der Waals surface area (Å²) in [5.74, 6) is -0.338. The Morgan fingerprint density at radius 1 is 0.516 bits per heavy atom. The molecule has 1 amide bonds. The molecule has 1 rings (SSSR count). The first-order chi connectivity index (χ1) is 30.9. The van der Waals surface area contributed by atoms with Gasteiger partial charge in [0, 0.05) is 6.42 Å². The van der Waals surface area contributed by atoms with Crippen molar-refractivity contribution in [3.8, 4) is 0 Å². The number of aliphatic hydroxyl groups excluding tert-OH is 6. The van der Waals surface area contributed by atoms with Gasteiger partial charge in [-0.1, -0.05) is 238 Å². The second-order valence-corrected chi connectivity index (χ2v) is 20.5. The molecule has 0 heterocycles. The Labute approximate surface area is 390 Å². The average molecular weight is 934 g/mol. The maximum atomic E-state index is 12.9. The van der Waals surface area contributed by atoms with Crippen LogP contribution in [0.1, 0.15) is 251 Å². The van der Waals surface area contributed by atoms with Gasteiger partial charge in [-0.15, -0.1) is 0 Å². The van der Waals surface area contributed by atoms with Crippen LogP contribution in [0.3, 0.4) is 0 Å². The number of hydrogen-bond acceptors (Lipinski definition) is 10. The van der Waals surface area contributed by atoms with Gasteiger partial charge >= 0.3 is 7.82 Å². The molecule has 1 saturated carbocycles. The summed E-state index contributed by atoms with van der Waals surface area (Å²) >= 11 is 0. The van der Waals surface area contributed by atoms with Crippen molar-refractivity contribution >= 4 is 13.7 Å². The fourth-order valence-electron chi connectivity index (χ4n) is 8.73. The molecule has 13 heteroatoms. The molecule has 9 atom stereocenters. The minimum Gasteiger partial charge on any atom is -0.387 e. The van der Waals surface area contributed by atoms with Crippen molar-refractivity contribution in [1.29, 1.82) is 0 Å². The Bertz CT molecular complexity index is 1130. The minimum atomic E-state index is -5.07. The molecule has 12 nitrogen and oxygen atoms in total. The van der Waals surface area contributed by atoms with E-state index in [4.69, 9.17) is 9.05 Å². The molecule has 8 N–H and O–H groups in total. The summed E-state index contributed by atoms with van der Waals surface area (Å²) in [6.07, 6.45) is 36.1. The number of aliphatic hydroxyl groups is 6. The van der Waals surface area contributed by atoms with E-state index in [1.54, 1.807) is 0 Å². The molecule has 0 aliphatic heterocycles. The Morgan fingerprint density at radius 3 is 1.19 bits per heavy atom. The van der Waals surface area contributed by atoms with E-state index in [2.05, 4.69) is 19.2 Å². The van der Waals surface area contributed by atoms with Gasteiger partial charge < -0.3 is 40.8 Å². The highest BCUT2D eigenvalue weighted by Crippen LogP contribution is 2.47. The lowest BCUT2D eigenvalue weighted by atomic mass is 9.85. The lowest BCUT2D eigenvalue weighted by Gasteiger charge is -2.41. The smallest absolute Gasteiger partial charge is 0.387 e. The molecule has 0 aromatic heterocycles. The van der Waals surface area contributed by atoms with E-state index in [0.29, 0.717) is 6.42 Å². The number of phosphoric acid groups is 1. The Kier molecular flexibility index (Phi) is 39.2. The summed E-state index contributed by atoms with van der Waals surface area (Å²) in [4.78, 5) is 23.4. The number of amides is 1. The van der Waals surface area contributed by atoms with E-state index in [9.17, 15) is 44.9 Å². The van der Waals surface area contributed by atoms with E-state index < -0.39 is 63.2 Å². The molecule has 1 aliphatic rings.